The lowest BCUT2D eigenvalue weighted by molar-refractivity contribution is 0.228. The molecule has 7 nitrogen and oxygen atoms in total. The van der Waals surface area contributed by atoms with Crippen molar-refractivity contribution in [1.29, 1.82) is 0 Å². The van der Waals surface area contributed by atoms with Gasteiger partial charge >= 0.3 is 0 Å². The predicted octanol–water partition coefficient (Wildman–Crippen LogP) is 1.49. The first-order chi connectivity index (χ1) is 12.3. The zero-order valence-electron chi connectivity index (χ0n) is 13.9. The van der Waals surface area contributed by atoms with Gasteiger partial charge in [-0.05, 0) is 18.4 Å². The summed E-state index contributed by atoms with van der Waals surface area (Å²) < 4.78 is 2.16. The van der Waals surface area contributed by atoms with Crippen LogP contribution in [-0.4, -0.2) is 57.4 Å². The summed E-state index contributed by atoms with van der Waals surface area (Å²) in [6.45, 7) is 6.33. The molecule has 0 atom stereocenters. The number of hydrogen-bond acceptors (Lipinski definition) is 6. The molecule has 0 spiro atoms. The predicted molar refractivity (Wildman–Crippen MR) is 105 cm³/mol. The molecule has 0 bridgehead atoms. The van der Waals surface area contributed by atoms with Crippen molar-refractivity contribution in [3.05, 3.63) is 34.1 Å². The topological polar surface area (TPSA) is 78.8 Å². The summed E-state index contributed by atoms with van der Waals surface area (Å²) in [5.41, 5.74) is 3.59. The molecule has 1 fully saturated rings. The van der Waals surface area contributed by atoms with Gasteiger partial charge in [-0.1, -0.05) is 7.43 Å². The van der Waals surface area contributed by atoms with Gasteiger partial charge in [0.25, 0.3) is 5.56 Å². The molecule has 26 heavy (non-hydrogen) atoms. The van der Waals surface area contributed by atoms with E-state index in [2.05, 4.69) is 30.0 Å². The number of aryl methyl sites for hydroxylation is 1. The number of aromatic nitrogens is 4. The van der Waals surface area contributed by atoms with Gasteiger partial charge in [-0.2, -0.15) is 5.10 Å². The maximum atomic E-state index is 12.2. The summed E-state index contributed by atoms with van der Waals surface area (Å²) in [5.74, 6) is 0. The Morgan fingerprint density at radius 2 is 2.04 bits per heavy atom. The monoisotopic (exact) mass is 372 g/mol. The van der Waals surface area contributed by atoms with Crippen molar-refractivity contribution in [2.45, 2.75) is 26.8 Å². The lowest BCUT2D eigenvalue weighted by atomic mass is 9.95. The standard InChI is InChI=1S/C17H20N6OS.CH4/c24-16-14-11-1-2-13-12(15(11)25-17(14)20-10-19-16)9-21-23(13)8-7-22-5-3-18-4-6-22;/h9-10,18H,1-8H2,(H,19,20,24);1H4. The molecule has 138 valence electrons. The van der Waals surface area contributed by atoms with Crippen molar-refractivity contribution < 1.29 is 0 Å². The molecular formula is C18H24N6OS. The van der Waals surface area contributed by atoms with Crippen LogP contribution in [0.25, 0.3) is 20.7 Å². The molecule has 2 aliphatic rings. The van der Waals surface area contributed by atoms with Crippen molar-refractivity contribution >= 4 is 21.6 Å². The Bertz CT molecular complexity index is 981. The molecule has 8 heteroatoms. The second-order valence-corrected chi connectivity index (χ2v) is 7.64. The minimum Gasteiger partial charge on any atom is -0.314 e. The minimum atomic E-state index is -0.0305. The first-order valence-electron chi connectivity index (χ1n) is 8.78. The molecular weight excluding hydrogens is 348 g/mol. The maximum absolute atomic E-state index is 12.2. The largest absolute Gasteiger partial charge is 0.314 e. The SMILES string of the molecule is C.O=c1[nH]cnc2sc3c(c12)CCc1c-3cnn1CCN1CCNCC1. The maximum Gasteiger partial charge on any atom is 0.259 e. The van der Waals surface area contributed by atoms with E-state index in [0.717, 1.165) is 67.9 Å². The zero-order valence-corrected chi connectivity index (χ0v) is 14.7. The molecule has 3 aromatic rings. The Morgan fingerprint density at radius 3 is 2.88 bits per heavy atom. The van der Waals surface area contributed by atoms with E-state index in [4.69, 9.17) is 0 Å². The second kappa shape index (κ2) is 6.94. The fourth-order valence-electron chi connectivity index (χ4n) is 3.93. The molecule has 0 radical (unpaired) electrons. The molecule has 0 saturated carbocycles. The third-order valence-corrected chi connectivity index (χ3v) is 6.41. The Balaban J connectivity index is 0.00000168. The molecule has 1 saturated heterocycles. The highest BCUT2D eigenvalue weighted by atomic mass is 32.1. The number of nitrogens with zero attached hydrogens (tertiary/aromatic N) is 4. The normalized spacial score (nSPS) is 16.9. The number of fused-ring (bicyclic) bond motifs is 5. The van der Waals surface area contributed by atoms with Crippen LogP contribution in [0.4, 0.5) is 0 Å². The fraction of sp³-hybridized carbons (Fsp3) is 0.500. The number of H-pyrrole nitrogens is 1. The molecule has 0 amide bonds. The molecule has 0 unspecified atom stereocenters. The Labute approximate surface area is 156 Å². The quantitative estimate of drug-likeness (QED) is 0.728. The van der Waals surface area contributed by atoms with Crippen LogP contribution in [0.2, 0.25) is 0 Å². The summed E-state index contributed by atoms with van der Waals surface area (Å²) in [5, 5.41) is 8.80. The number of nitrogens with one attached hydrogen (secondary N) is 2. The fourth-order valence-corrected chi connectivity index (χ4v) is 5.15. The van der Waals surface area contributed by atoms with Crippen molar-refractivity contribution in [2.75, 3.05) is 32.7 Å². The highest BCUT2D eigenvalue weighted by Gasteiger charge is 2.26. The molecule has 4 heterocycles. The summed E-state index contributed by atoms with van der Waals surface area (Å²) >= 11 is 1.61. The smallest absolute Gasteiger partial charge is 0.259 e. The lowest BCUT2D eigenvalue weighted by Gasteiger charge is -2.27. The number of piperazine rings is 1. The van der Waals surface area contributed by atoms with Gasteiger partial charge in [-0.3, -0.25) is 14.4 Å². The van der Waals surface area contributed by atoms with Crippen LogP contribution >= 0.6 is 11.3 Å². The zero-order chi connectivity index (χ0) is 16.8. The van der Waals surface area contributed by atoms with Crippen LogP contribution < -0.4 is 10.9 Å². The average Bonchev–Trinajstić information content (AvgIpc) is 3.22. The molecule has 1 aliphatic heterocycles. The van der Waals surface area contributed by atoms with Gasteiger partial charge in [0.05, 0.1) is 24.5 Å². The van der Waals surface area contributed by atoms with Gasteiger partial charge in [-0.25, -0.2) is 4.98 Å². The van der Waals surface area contributed by atoms with E-state index in [-0.39, 0.29) is 13.0 Å². The van der Waals surface area contributed by atoms with Gasteiger partial charge in [0.1, 0.15) is 4.83 Å². The van der Waals surface area contributed by atoms with E-state index >= 15 is 0 Å². The van der Waals surface area contributed by atoms with Gasteiger partial charge in [0.2, 0.25) is 0 Å². The number of aromatic amines is 1. The average molecular weight is 372 g/mol. The van der Waals surface area contributed by atoms with Crippen LogP contribution in [0.3, 0.4) is 0 Å². The summed E-state index contributed by atoms with van der Waals surface area (Å²) in [6.07, 6.45) is 5.28. The van der Waals surface area contributed by atoms with E-state index < -0.39 is 0 Å². The number of rotatable bonds is 3. The first-order valence-corrected chi connectivity index (χ1v) is 9.60. The van der Waals surface area contributed by atoms with E-state index in [1.165, 1.54) is 22.5 Å². The van der Waals surface area contributed by atoms with Crippen LogP contribution in [0.15, 0.2) is 17.3 Å². The summed E-state index contributed by atoms with van der Waals surface area (Å²) in [6, 6.07) is 0. The first kappa shape index (κ1) is 17.4. The van der Waals surface area contributed by atoms with Crippen molar-refractivity contribution in [3.63, 3.8) is 0 Å². The molecule has 2 N–H and O–H groups in total. The van der Waals surface area contributed by atoms with Crippen LogP contribution in [0.1, 0.15) is 18.7 Å². The minimum absolute atomic E-state index is 0. The third kappa shape index (κ3) is 2.78. The third-order valence-electron chi connectivity index (χ3n) is 5.24. The van der Waals surface area contributed by atoms with E-state index in [1.54, 1.807) is 11.3 Å². The van der Waals surface area contributed by atoms with Gasteiger partial charge in [0, 0.05) is 48.9 Å². The highest BCUT2D eigenvalue weighted by Crippen LogP contribution is 2.41. The Kier molecular flexibility index (Phi) is 4.64. The summed E-state index contributed by atoms with van der Waals surface area (Å²) in [4.78, 5) is 23.7. The van der Waals surface area contributed by atoms with Gasteiger partial charge in [0.15, 0.2) is 0 Å². The van der Waals surface area contributed by atoms with Gasteiger partial charge in [-0.15, -0.1) is 11.3 Å². The van der Waals surface area contributed by atoms with E-state index in [1.807, 2.05) is 6.20 Å². The molecule has 5 rings (SSSR count). The Hall–Kier alpha value is -2.03. The van der Waals surface area contributed by atoms with E-state index in [9.17, 15) is 4.79 Å². The number of thiophene rings is 1. The number of hydrogen-bond donors (Lipinski definition) is 2. The van der Waals surface area contributed by atoms with Crippen LogP contribution in [0, 0.1) is 0 Å². The van der Waals surface area contributed by atoms with Crippen LogP contribution in [-0.2, 0) is 19.4 Å². The summed E-state index contributed by atoms with van der Waals surface area (Å²) in [7, 11) is 0. The van der Waals surface area contributed by atoms with Crippen molar-refractivity contribution in [2.24, 2.45) is 0 Å². The van der Waals surface area contributed by atoms with Gasteiger partial charge < -0.3 is 10.3 Å². The van der Waals surface area contributed by atoms with E-state index in [0.29, 0.717) is 0 Å². The highest BCUT2D eigenvalue weighted by molar-refractivity contribution is 7.22. The molecule has 0 aromatic carbocycles. The Morgan fingerprint density at radius 1 is 1.19 bits per heavy atom. The van der Waals surface area contributed by atoms with Crippen molar-refractivity contribution in [3.8, 4) is 10.4 Å². The van der Waals surface area contributed by atoms with Crippen molar-refractivity contribution in [1.82, 2.24) is 30.0 Å². The lowest BCUT2D eigenvalue weighted by Crippen LogP contribution is -2.44. The van der Waals surface area contributed by atoms with Crippen LogP contribution in [0.5, 0.6) is 0 Å². The molecule has 1 aliphatic carbocycles. The molecule has 3 aromatic heterocycles. The second-order valence-electron chi connectivity index (χ2n) is 6.64.